The average molecular weight is 507 g/mol. The molecule has 1 aliphatic heterocycles. The quantitative estimate of drug-likeness (QED) is 0.414. The maximum absolute atomic E-state index is 11.8. The number of aryl methyl sites for hydroxylation is 2. The highest BCUT2D eigenvalue weighted by Gasteiger charge is 2.27. The number of benzene rings is 1. The second-order valence-corrected chi connectivity index (χ2v) is 11.8. The number of sulfone groups is 1. The molecule has 0 saturated carbocycles. The van der Waals surface area contributed by atoms with E-state index in [9.17, 15) is 8.42 Å². The lowest BCUT2D eigenvalue weighted by Crippen LogP contribution is -2.39. The van der Waals surface area contributed by atoms with Crippen molar-refractivity contribution in [1.82, 2.24) is 25.4 Å². The van der Waals surface area contributed by atoms with E-state index in [1.165, 1.54) is 6.26 Å². The summed E-state index contributed by atoms with van der Waals surface area (Å²) in [5.74, 6) is 1.59. The summed E-state index contributed by atoms with van der Waals surface area (Å²) in [5, 5.41) is 16.5. The lowest BCUT2D eigenvalue weighted by Gasteiger charge is -2.31. The SMILES string of the molecule is Cc1cnnc(C)c1[C@H](C)Oc1ccc2[nH]nc(-c3ccc(N4CCC(S(C)(=O)=O)CC4)nc3)c2c1. The third kappa shape index (κ3) is 4.77. The first-order valence-corrected chi connectivity index (χ1v) is 14.0. The minimum absolute atomic E-state index is 0.180. The maximum Gasteiger partial charge on any atom is 0.150 e. The van der Waals surface area contributed by atoms with Gasteiger partial charge in [-0.15, -0.1) is 0 Å². The van der Waals surface area contributed by atoms with Crippen molar-refractivity contribution in [3.63, 3.8) is 0 Å². The van der Waals surface area contributed by atoms with Gasteiger partial charge in [-0.3, -0.25) is 5.10 Å². The van der Waals surface area contributed by atoms with Gasteiger partial charge in [0.2, 0.25) is 0 Å². The number of nitrogens with one attached hydrogen (secondary N) is 1. The molecule has 3 aromatic heterocycles. The molecule has 1 aromatic carbocycles. The number of anilines is 1. The number of ether oxygens (including phenoxy) is 1. The Hall–Kier alpha value is -3.53. The fourth-order valence-electron chi connectivity index (χ4n) is 5.00. The fourth-order valence-corrected chi connectivity index (χ4v) is 6.07. The Balaban J connectivity index is 1.35. The molecular weight excluding hydrogens is 476 g/mol. The van der Waals surface area contributed by atoms with Gasteiger partial charge in [0.15, 0.2) is 0 Å². The van der Waals surface area contributed by atoms with Gasteiger partial charge >= 0.3 is 0 Å². The standard InChI is InChI=1S/C26H30N6O3S/c1-16-14-28-29-17(2)25(16)18(3)35-20-6-7-23-22(13-20)26(31-30-23)19-5-8-24(27-15-19)32-11-9-21(10-12-32)36(4,33)34/h5-8,13-15,18,21H,9-12H2,1-4H3,(H,30,31)/t18-/m0/s1. The molecule has 1 aliphatic rings. The van der Waals surface area contributed by atoms with Crippen LogP contribution in [0.5, 0.6) is 5.75 Å². The summed E-state index contributed by atoms with van der Waals surface area (Å²) in [5.41, 5.74) is 5.56. The Bertz CT molecular complexity index is 1470. The molecule has 0 aliphatic carbocycles. The Labute approximate surface area is 210 Å². The summed E-state index contributed by atoms with van der Waals surface area (Å²) in [6.07, 6.45) is 5.97. The predicted octanol–water partition coefficient (Wildman–Crippen LogP) is 4.19. The van der Waals surface area contributed by atoms with Gasteiger partial charge in [-0.1, -0.05) is 0 Å². The number of hydrogen-bond donors (Lipinski definition) is 1. The Kier molecular flexibility index (Phi) is 6.38. The van der Waals surface area contributed by atoms with Crippen LogP contribution in [0.2, 0.25) is 0 Å². The first kappa shape index (κ1) is 24.2. The van der Waals surface area contributed by atoms with Crippen molar-refractivity contribution in [1.29, 1.82) is 0 Å². The molecule has 0 unspecified atom stereocenters. The molecule has 0 radical (unpaired) electrons. The number of rotatable bonds is 6. The van der Waals surface area contributed by atoms with Crippen molar-refractivity contribution < 1.29 is 13.2 Å². The molecule has 10 heteroatoms. The van der Waals surface area contributed by atoms with E-state index in [1.54, 1.807) is 6.20 Å². The lowest BCUT2D eigenvalue weighted by atomic mass is 10.0. The number of aromatic amines is 1. The second-order valence-electron chi connectivity index (χ2n) is 9.49. The van der Waals surface area contributed by atoms with Crippen LogP contribution in [0.15, 0.2) is 42.7 Å². The first-order chi connectivity index (χ1) is 17.2. The number of hydrogen-bond acceptors (Lipinski definition) is 8. The first-order valence-electron chi connectivity index (χ1n) is 12.0. The molecule has 0 bridgehead atoms. The molecule has 36 heavy (non-hydrogen) atoms. The number of aromatic nitrogens is 5. The smallest absolute Gasteiger partial charge is 0.150 e. The van der Waals surface area contributed by atoms with Gasteiger partial charge in [-0.2, -0.15) is 15.3 Å². The minimum atomic E-state index is -3.00. The molecule has 4 heterocycles. The van der Waals surface area contributed by atoms with Crippen molar-refractivity contribution in [2.75, 3.05) is 24.2 Å². The van der Waals surface area contributed by atoms with Crippen LogP contribution in [0.25, 0.3) is 22.2 Å². The highest BCUT2D eigenvalue weighted by atomic mass is 32.2. The molecule has 1 fully saturated rings. The maximum atomic E-state index is 11.8. The number of nitrogens with zero attached hydrogens (tertiary/aromatic N) is 5. The molecule has 188 valence electrons. The number of fused-ring (bicyclic) bond motifs is 1. The Morgan fingerprint density at radius 3 is 2.56 bits per heavy atom. The monoisotopic (exact) mass is 506 g/mol. The van der Waals surface area contributed by atoms with E-state index >= 15 is 0 Å². The van der Waals surface area contributed by atoms with E-state index in [0.717, 1.165) is 50.5 Å². The van der Waals surface area contributed by atoms with Crippen LogP contribution in [0.4, 0.5) is 5.82 Å². The normalized spacial score (nSPS) is 15.8. The molecule has 4 aromatic rings. The summed E-state index contributed by atoms with van der Waals surface area (Å²) in [7, 11) is -3.00. The van der Waals surface area contributed by atoms with Gasteiger partial charge in [0.25, 0.3) is 0 Å². The zero-order valence-electron chi connectivity index (χ0n) is 20.9. The van der Waals surface area contributed by atoms with E-state index in [2.05, 4.69) is 30.3 Å². The van der Waals surface area contributed by atoms with Crippen LogP contribution in [0, 0.1) is 13.8 Å². The van der Waals surface area contributed by atoms with Gasteiger partial charge in [0.05, 0.1) is 22.7 Å². The van der Waals surface area contributed by atoms with Crippen LogP contribution in [0.1, 0.15) is 42.7 Å². The van der Waals surface area contributed by atoms with Crippen molar-refractivity contribution >= 4 is 26.6 Å². The largest absolute Gasteiger partial charge is 0.486 e. The zero-order chi connectivity index (χ0) is 25.4. The fraction of sp³-hybridized carbons (Fsp3) is 0.385. The molecule has 5 rings (SSSR count). The van der Waals surface area contributed by atoms with Gasteiger partial charge in [-0.25, -0.2) is 13.4 Å². The predicted molar refractivity (Wildman–Crippen MR) is 140 cm³/mol. The second kappa shape index (κ2) is 9.50. The van der Waals surface area contributed by atoms with E-state index in [1.807, 2.05) is 57.3 Å². The van der Waals surface area contributed by atoms with Crippen molar-refractivity contribution in [2.45, 2.75) is 45.0 Å². The van der Waals surface area contributed by atoms with Crippen molar-refractivity contribution in [3.8, 4) is 17.0 Å². The van der Waals surface area contributed by atoms with E-state index in [-0.39, 0.29) is 11.4 Å². The number of pyridine rings is 1. The van der Waals surface area contributed by atoms with Crippen LogP contribution in [-0.4, -0.2) is 58.4 Å². The Morgan fingerprint density at radius 2 is 1.89 bits per heavy atom. The molecule has 1 N–H and O–H groups in total. The van der Waals surface area contributed by atoms with E-state index in [0.29, 0.717) is 25.9 Å². The van der Waals surface area contributed by atoms with Crippen LogP contribution in [-0.2, 0) is 9.84 Å². The number of H-pyrrole nitrogens is 1. The molecule has 0 amide bonds. The lowest BCUT2D eigenvalue weighted by molar-refractivity contribution is 0.225. The summed E-state index contributed by atoms with van der Waals surface area (Å²) >= 11 is 0. The third-order valence-corrected chi connectivity index (χ3v) is 8.60. The van der Waals surface area contributed by atoms with Crippen molar-refractivity contribution in [2.24, 2.45) is 0 Å². The van der Waals surface area contributed by atoms with Gasteiger partial charge in [-0.05, 0) is 69.5 Å². The molecular formula is C26H30N6O3S. The topological polar surface area (TPSA) is 114 Å². The molecule has 1 saturated heterocycles. The van der Waals surface area contributed by atoms with E-state index in [4.69, 9.17) is 4.74 Å². The summed E-state index contributed by atoms with van der Waals surface area (Å²) in [6, 6.07) is 9.87. The Morgan fingerprint density at radius 1 is 1.11 bits per heavy atom. The molecule has 1 atom stereocenters. The van der Waals surface area contributed by atoms with Crippen LogP contribution in [0.3, 0.4) is 0 Å². The molecule has 9 nitrogen and oxygen atoms in total. The number of piperidine rings is 1. The van der Waals surface area contributed by atoms with Gasteiger partial charge < -0.3 is 9.64 Å². The highest BCUT2D eigenvalue weighted by molar-refractivity contribution is 7.91. The summed E-state index contributed by atoms with van der Waals surface area (Å²) in [4.78, 5) is 6.80. The highest BCUT2D eigenvalue weighted by Crippen LogP contribution is 2.32. The van der Waals surface area contributed by atoms with Gasteiger partial charge in [0, 0.05) is 42.1 Å². The zero-order valence-corrected chi connectivity index (χ0v) is 21.7. The van der Waals surface area contributed by atoms with Crippen molar-refractivity contribution in [3.05, 3.63) is 59.5 Å². The van der Waals surface area contributed by atoms with Crippen LogP contribution >= 0.6 is 0 Å². The minimum Gasteiger partial charge on any atom is -0.486 e. The molecule has 0 spiro atoms. The van der Waals surface area contributed by atoms with Gasteiger partial charge in [0.1, 0.15) is 33.2 Å². The van der Waals surface area contributed by atoms with Crippen LogP contribution < -0.4 is 9.64 Å². The summed E-state index contributed by atoms with van der Waals surface area (Å²) < 4.78 is 30.0. The third-order valence-electron chi connectivity index (χ3n) is 6.92. The summed E-state index contributed by atoms with van der Waals surface area (Å²) in [6.45, 7) is 7.33. The average Bonchev–Trinajstić information content (AvgIpc) is 3.27. The van der Waals surface area contributed by atoms with E-state index < -0.39 is 9.84 Å².